The maximum absolute atomic E-state index is 12.4. The average Bonchev–Trinajstić information content (AvgIpc) is 3.25. The van der Waals surface area contributed by atoms with Crippen molar-refractivity contribution in [3.05, 3.63) is 53.1 Å². The molecule has 2 aromatic rings. The number of fused-ring (bicyclic) bond motifs is 2. The normalized spacial score (nSPS) is 15.3. The van der Waals surface area contributed by atoms with Crippen molar-refractivity contribution in [1.82, 2.24) is 15.5 Å². The van der Waals surface area contributed by atoms with Gasteiger partial charge in [0.1, 0.15) is 0 Å². The summed E-state index contributed by atoms with van der Waals surface area (Å²) in [5.41, 5.74) is 4.56. The van der Waals surface area contributed by atoms with E-state index in [1.165, 1.54) is 11.3 Å². The van der Waals surface area contributed by atoms with Gasteiger partial charge in [0.2, 0.25) is 6.79 Å². The molecule has 8 heteroatoms. The van der Waals surface area contributed by atoms with Gasteiger partial charge in [-0.15, -0.1) is 0 Å². The number of carbonyl (C=O) groups is 2. The topological polar surface area (TPSA) is 83.1 Å². The van der Waals surface area contributed by atoms with E-state index in [1.54, 1.807) is 12.1 Å². The Balaban J connectivity index is 1.33. The zero-order chi connectivity index (χ0) is 22.7. The minimum Gasteiger partial charge on any atom is -0.454 e. The van der Waals surface area contributed by atoms with Gasteiger partial charge >= 0.3 is 11.8 Å². The number of aryl methyl sites for hydroxylation is 1. The molecule has 2 amide bonds. The maximum Gasteiger partial charge on any atom is 0.309 e. The number of likely N-dealkylation sites (N-methyl/N-ethyl adjacent to an activating group) is 1. The minimum absolute atomic E-state index is 0.0295. The average molecular weight is 439 g/mol. The van der Waals surface area contributed by atoms with Crippen LogP contribution in [0.1, 0.15) is 29.2 Å². The van der Waals surface area contributed by atoms with Crippen molar-refractivity contribution < 1.29 is 19.1 Å². The highest BCUT2D eigenvalue weighted by atomic mass is 16.7. The lowest BCUT2D eigenvalue weighted by Gasteiger charge is -2.30. The molecule has 2 aromatic carbocycles. The van der Waals surface area contributed by atoms with E-state index in [2.05, 4.69) is 45.7 Å². The summed E-state index contributed by atoms with van der Waals surface area (Å²) in [4.78, 5) is 29.0. The van der Waals surface area contributed by atoms with Gasteiger partial charge in [-0.25, -0.2) is 0 Å². The molecule has 2 aliphatic heterocycles. The number of rotatable bonds is 6. The fourth-order valence-electron chi connectivity index (χ4n) is 4.19. The van der Waals surface area contributed by atoms with Crippen LogP contribution in [0.3, 0.4) is 0 Å². The molecule has 0 saturated heterocycles. The lowest BCUT2D eigenvalue weighted by atomic mass is 9.96. The summed E-state index contributed by atoms with van der Waals surface area (Å²) in [5, 5.41) is 5.44. The summed E-state index contributed by atoms with van der Waals surface area (Å²) in [6.45, 7) is 1.85. The van der Waals surface area contributed by atoms with Gasteiger partial charge in [-0.1, -0.05) is 18.2 Å². The van der Waals surface area contributed by atoms with Crippen LogP contribution >= 0.6 is 0 Å². The largest absolute Gasteiger partial charge is 0.454 e. The van der Waals surface area contributed by atoms with Crippen LogP contribution in [0.25, 0.3) is 0 Å². The Morgan fingerprint density at radius 2 is 1.84 bits per heavy atom. The fourth-order valence-corrected chi connectivity index (χ4v) is 4.19. The molecule has 0 fully saturated rings. The van der Waals surface area contributed by atoms with Gasteiger partial charge in [0.25, 0.3) is 0 Å². The number of hydrogen-bond donors (Lipinski definition) is 2. The van der Waals surface area contributed by atoms with Crippen LogP contribution in [0.5, 0.6) is 11.5 Å². The second kappa shape index (κ2) is 9.48. The van der Waals surface area contributed by atoms with Crippen LogP contribution in [0, 0.1) is 0 Å². The van der Waals surface area contributed by atoms with Crippen molar-refractivity contribution >= 4 is 17.5 Å². The van der Waals surface area contributed by atoms with Gasteiger partial charge in [-0.05, 0) is 61.8 Å². The highest BCUT2D eigenvalue weighted by Gasteiger charge is 2.21. The number of nitrogens with zero attached hydrogens (tertiary/aromatic N) is 2. The molecular weight excluding hydrogens is 408 g/mol. The van der Waals surface area contributed by atoms with Crippen LogP contribution in [0.15, 0.2) is 36.4 Å². The summed E-state index contributed by atoms with van der Waals surface area (Å²) >= 11 is 0. The standard InChI is InChI=1S/C24H30N4O4/c1-27(2)20(18-7-8-19-17(12-18)5-4-10-28(19)3)14-26-24(30)23(29)25-13-16-6-9-21-22(11-16)32-15-31-21/h6-9,11-12,20H,4-5,10,13-15H2,1-3H3,(H,25,29)(H,26,30)/t20-/m1/s1. The second-order valence-electron chi connectivity index (χ2n) is 8.47. The predicted octanol–water partition coefficient (Wildman–Crippen LogP) is 1.83. The molecular formula is C24H30N4O4. The number of ether oxygens (including phenoxy) is 2. The van der Waals surface area contributed by atoms with Gasteiger partial charge in [0.15, 0.2) is 11.5 Å². The first-order valence-electron chi connectivity index (χ1n) is 10.9. The minimum atomic E-state index is -0.660. The Morgan fingerprint density at radius 1 is 1.06 bits per heavy atom. The molecule has 0 spiro atoms. The Labute approximate surface area is 188 Å². The number of amides is 2. The monoisotopic (exact) mass is 438 g/mol. The number of benzene rings is 2. The van der Waals surface area contributed by atoms with Gasteiger partial charge in [-0.2, -0.15) is 0 Å². The quantitative estimate of drug-likeness (QED) is 0.670. The number of nitrogens with one attached hydrogen (secondary N) is 2. The summed E-state index contributed by atoms with van der Waals surface area (Å²) < 4.78 is 10.6. The molecule has 0 aromatic heterocycles. The van der Waals surface area contributed by atoms with Crippen molar-refractivity contribution in [3.8, 4) is 11.5 Å². The van der Waals surface area contributed by atoms with E-state index in [0.717, 1.165) is 30.5 Å². The van der Waals surface area contributed by atoms with E-state index >= 15 is 0 Å². The Bertz CT molecular complexity index is 1010. The number of hydrogen-bond acceptors (Lipinski definition) is 6. The van der Waals surface area contributed by atoms with Gasteiger partial charge in [0, 0.05) is 32.4 Å². The number of carbonyl (C=O) groups excluding carboxylic acids is 2. The Kier molecular flexibility index (Phi) is 6.50. The summed E-state index contributed by atoms with van der Waals surface area (Å²) in [6, 6.07) is 11.9. The van der Waals surface area contributed by atoms with Gasteiger partial charge < -0.3 is 29.9 Å². The Hall–Kier alpha value is -3.26. The Morgan fingerprint density at radius 3 is 2.66 bits per heavy atom. The zero-order valence-corrected chi connectivity index (χ0v) is 18.8. The lowest BCUT2D eigenvalue weighted by molar-refractivity contribution is -0.139. The predicted molar refractivity (Wildman–Crippen MR) is 122 cm³/mol. The smallest absolute Gasteiger partial charge is 0.309 e. The van der Waals surface area contributed by atoms with Crippen LogP contribution in [0.2, 0.25) is 0 Å². The third kappa shape index (κ3) is 4.80. The van der Waals surface area contributed by atoms with Crippen LogP contribution in [-0.2, 0) is 22.6 Å². The first-order valence-corrected chi connectivity index (χ1v) is 10.9. The third-order valence-corrected chi connectivity index (χ3v) is 6.01. The van der Waals surface area contributed by atoms with Gasteiger partial charge in [-0.3, -0.25) is 9.59 Å². The van der Waals surface area contributed by atoms with Crippen molar-refractivity contribution in [2.75, 3.05) is 45.9 Å². The molecule has 0 saturated carbocycles. The van der Waals surface area contributed by atoms with Crippen molar-refractivity contribution in [2.45, 2.75) is 25.4 Å². The molecule has 1 atom stereocenters. The highest BCUT2D eigenvalue weighted by Crippen LogP contribution is 2.32. The lowest BCUT2D eigenvalue weighted by Crippen LogP contribution is -2.43. The third-order valence-electron chi connectivity index (χ3n) is 6.01. The molecule has 2 aliphatic rings. The molecule has 170 valence electrons. The molecule has 32 heavy (non-hydrogen) atoms. The maximum atomic E-state index is 12.4. The van der Waals surface area contributed by atoms with E-state index in [4.69, 9.17) is 9.47 Å². The summed E-state index contributed by atoms with van der Waals surface area (Å²) in [6.07, 6.45) is 2.20. The van der Waals surface area contributed by atoms with E-state index in [1.807, 2.05) is 20.2 Å². The van der Waals surface area contributed by atoms with Crippen molar-refractivity contribution in [1.29, 1.82) is 0 Å². The van der Waals surface area contributed by atoms with E-state index in [0.29, 0.717) is 18.0 Å². The van der Waals surface area contributed by atoms with Gasteiger partial charge in [0.05, 0.1) is 6.04 Å². The zero-order valence-electron chi connectivity index (χ0n) is 18.8. The second-order valence-corrected chi connectivity index (χ2v) is 8.47. The molecule has 0 unspecified atom stereocenters. The molecule has 2 N–H and O–H groups in total. The molecule has 0 radical (unpaired) electrons. The van der Waals surface area contributed by atoms with Crippen LogP contribution < -0.4 is 25.0 Å². The molecule has 0 bridgehead atoms. The van der Waals surface area contributed by atoms with E-state index in [-0.39, 0.29) is 19.4 Å². The van der Waals surface area contributed by atoms with Crippen molar-refractivity contribution in [3.63, 3.8) is 0 Å². The van der Waals surface area contributed by atoms with E-state index in [9.17, 15) is 9.59 Å². The van der Waals surface area contributed by atoms with Crippen LogP contribution in [0.4, 0.5) is 5.69 Å². The fraction of sp³-hybridized carbons (Fsp3) is 0.417. The first kappa shape index (κ1) is 22.0. The molecule has 0 aliphatic carbocycles. The van der Waals surface area contributed by atoms with Crippen LogP contribution in [-0.4, -0.2) is 57.7 Å². The molecule has 2 heterocycles. The van der Waals surface area contributed by atoms with Crippen molar-refractivity contribution in [2.24, 2.45) is 0 Å². The summed E-state index contributed by atoms with van der Waals surface area (Å²) in [5.74, 6) is 0.0233. The SMILES string of the molecule is CN1CCCc2cc([C@@H](CNC(=O)C(=O)NCc3ccc4c(c3)OCO4)N(C)C)ccc21. The highest BCUT2D eigenvalue weighted by molar-refractivity contribution is 6.35. The summed E-state index contributed by atoms with van der Waals surface area (Å²) in [7, 11) is 6.06. The molecule has 4 rings (SSSR count). The number of anilines is 1. The first-order chi connectivity index (χ1) is 15.4. The molecule has 8 nitrogen and oxygen atoms in total. The van der Waals surface area contributed by atoms with E-state index < -0.39 is 11.8 Å².